The molecule has 1 atom stereocenters. The van der Waals surface area contributed by atoms with Crippen molar-refractivity contribution in [3.63, 3.8) is 0 Å². The summed E-state index contributed by atoms with van der Waals surface area (Å²) < 4.78 is 0.768. The number of nitrogens with zero attached hydrogens (tertiary/aromatic N) is 1. The Morgan fingerprint density at radius 3 is 2.83 bits per heavy atom. The number of benzene rings is 1. The molecule has 0 saturated carbocycles. The maximum absolute atomic E-state index is 12.3. The standard InChI is InChI=1S/C17H20BrN3O3/c18-11-5-6-13-14(9-11)17(24)21(16(13)23)8-2-4-15(22)20-10-12-3-1-7-19-12/h5-6,9,12,19H,1-4,7-8,10H2,(H,20,22). The molecule has 7 heteroatoms. The van der Waals surface area contributed by atoms with Gasteiger partial charge in [-0.15, -0.1) is 0 Å². The molecule has 2 aliphatic heterocycles. The van der Waals surface area contributed by atoms with Gasteiger partial charge in [0.1, 0.15) is 0 Å². The molecule has 6 nitrogen and oxygen atoms in total. The molecular weight excluding hydrogens is 374 g/mol. The second kappa shape index (κ2) is 7.44. The van der Waals surface area contributed by atoms with Gasteiger partial charge in [-0.2, -0.15) is 0 Å². The number of imide groups is 1. The predicted molar refractivity (Wildman–Crippen MR) is 92.8 cm³/mol. The van der Waals surface area contributed by atoms with E-state index in [1.54, 1.807) is 18.2 Å². The molecule has 0 aromatic heterocycles. The molecule has 1 unspecified atom stereocenters. The summed E-state index contributed by atoms with van der Waals surface area (Å²) in [5.41, 5.74) is 0.853. The Hall–Kier alpha value is -1.73. The molecule has 1 saturated heterocycles. The van der Waals surface area contributed by atoms with Gasteiger partial charge in [0, 0.05) is 30.0 Å². The van der Waals surface area contributed by atoms with Gasteiger partial charge in [-0.05, 0) is 44.0 Å². The van der Waals surface area contributed by atoms with Crippen LogP contribution in [0.4, 0.5) is 0 Å². The van der Waals surface area contributed by atoms with Gasteiger partial charge in [0.15, 0.2) is 0 Å². The number of hydrogen-bond donors (Lipinski definition) is 2. The van der Waals surface area contributed by atoms with Crippen LogP contribution in [0.25, 0.3) is 0 Å². The fourth-order valence-electron chi connectivity index (χ4n) is 3.12. The number of nitrogens with one attached hydrogen (secondary N) is 2. The van der Waals surface area contributed by atoms with E-state index in [1.807, 2.05) is 0 Å². The Bertz CT molecular complexity index is 671. The summed E-state index contributed by atoms with van der Waals surface area (Å²) in [6.45, 7) is 1.91. The molecule has 0 aliphatic carbocycles. The van der Waals surface area contributed by atoms with Gasteiger partial charge < -0.3 is 10.6 Å². The molecule has 0 spiro atoms. The van der Waals surface area contributed by atoms with E-state index in [-0.39, 0.29) is 24.3 Å². The maximum atomic E-state index is 12.3. The Labute approximate surface area is 149 Å². The minimum atomic E-state index is -0.285. The fourth-order valence-corrected chi connectivity index (χ4v) is 3.48. The summed E-state index contributed by atoms with van der Waals surface area (Å²) in [5.74, 6) is -0.604. The highest BCUT2D eigenvalue weighted by Crippen LogP contribution is 2.26. The van der Waals surface area contributed by atoms with Crippen LogP contribution in [0.3, 0.4) is 0 Å². The molecule has 2 N–H and O–H groups in total. The molecule has 128 valence electrons. The van der Waals surface area contributed by atoms with Crippen LogP contribution in [0, 0.1) is 0 Å². The van der Waals surface area contributed by atoms with Crippen LogP contribution >= 0.6 is 15.9 Å². The molecule has 1 aromatic rings. The van der Waals surface area contributed by atoms with Crippen LogP contribution in [-0.2, 0) is 4.79 Å². The van der Waals surface area contributed by atoms with Gasteiger partial charge in [-0.1, -0.05) is 15.9 Å². The Morgan fingerprint density at radius 1 is 1.29 bits per heavy atom. The van der Waals surface area contributed by atoms with Gasteiger partial charge in [0.05, 0.1) is 11.1 Å². The number of carbonyl (C=O) groups excluding carboxylic acids is 3. The smallest absolute Gasteiger partial charge is 0.261 e. The molecule has 2 aliphatic rings. The summed E-state index contributed by atoms with van der Waals surface area (Å²) in [4.78, 5) is 37.7. The van der Waals surface area contributed by atoms with Gasteiger partial charge in [0.2, 0.25) is 5.91 Å². The second-order valence-electron chi connectivity index (χ2n) is 6.15. The average molecular weight is 394 g/mol. The largest absolute Gasteiger partial charge is 0.355 e. The first-order valence-corrected chi connectivity index (χ1v) is 9.01. The van der Waals surface area contributed by atoms with Crippen LogP contribution < -0.4 is 10.6 Å². The van der Waals surface area contributed by atoms with Gasteiger partial charge in [-0.25, -0.2) is 0 Å². The van der Waals surface area contributed by atoms with Crippen molar-refractivity contribution < 1.29 is 14.4 Å². The molecule has 1 fully saturated rings. The Balaban J connectivity index is 1.46. The zero-order valence-electron chi connectivity index (χ0n) is 13.3. The minimum absolute atomic E-state index is 0.0388. The van der Waals surface area contributed by atoms with Gasteiger partial charge in [0.25, 0.3) is 11.8 Å². The molecule has 24 heavy (non-hydrogen) atoms. The third-order valence-electron chi connectivity index (χ3n) is 4.43. The molecule has 0 radical (unpaired) electrons. The number of halogens is 1. The van der Waals surface area contributed by atoms with Crippen molar-refractivity contribution in [1.29, 1.82) is 0 Å². The fraction of sp³-hybridized carbons (Fsp3) is 0.471. The monoisotopic (exact) mass is 393 g/mol. The van der Waals surface area contributed by atoms with Gasteiger partial charge in [-0.3, -0.25) is 19.3 Å². The van der Waals surface area contributed by atoms with Crippen LogP contribution in [-0.4, -0.2) is 48.3 Å². The maximum Gasteiger partial charge on any atom is 0.261 e. The lowest BCUT2D eigenvalue weighted by Gasteiger charge is -2.14. The topological polar surface area (TPSA) is 78.5 Å². The summed E-state index contributed by atoms with van der Waals surface area (Å²) in [7, 11) is 0. The third-order valence-corrected chi connectivity index (χ3v) is 4.92. The van der Waals surface area contributed by atoms with Crippen molar-refractivity contribution in [1.82, 2.24) is 15.5 Å². The SMILES string of the molecule is O=C(CCCN1C(=O)c2ccc(Br)cc2C1=O)NCC1CCCN1. The first kappa shape index (κ1) is 17.1. The normalized spacial score (nSPS) is 19.7. The Morgan fingerprint density at radius 2 is 2.08 bits per heavy atom. The summed E-state index contributed by atoms with van der Waals surface area (Å²) in [6, 6.07) is 5.43. The van der Waals surface area contributed by atoms with E-state index in [4.69, 9.17) is 0 Å². The highest BCUT2D eigenvalue weighted by molar-refractivity contribution is 9.10. The Kier molecular flexibility index (Phi) is 5.30. The number of amides is 3. The number of rotatable bonds is 6. The lowest BCUT2D eigenvalue weighted by Crippen LogP contribution is -2.37. The average Bonchev–Trinajstić information content (AvgIpc) is 3.16. The van der Waals surface area contributed by atoms with Crippen molar-refractivity contribution in [3.05, 3.63) is 33.8 Å². The zero-order valence-corrected chi connectivity index (χ0v) is 14.9. The van der Waals surface area contributed by atoms with Crippen molar-refractivity contribution in [2.24, 2.45) is 0 Å². The van der Waals surface area contributed by atoms with Crippen molar-refractivity contribution in [3.8, 4) is 0 Å². The highest BCUT2D eigenvalue weighted by atomic mass is 79.9. The van der Waals surface area contributed by atoms with E-state index >= 15 is 0 Å². The van der Waals surface area contributed by atoms with Crippen LogP contribution in [0.15, 0.2) is 22.7 Å². The van der Waals surface area contributed by atoms with E-state index in [0.29, 0.717) is 36.6 Å². The van der Waals surface area contributed by atoms with E-state index in [1.165, 1.54) is 4.90 Å². The van der Waals surface area contributed by atoms with Crippen LogP contribution in [0.2, 0.25) is 0 Å². The molecule has 1 aromatic carbocycles. The molecular formula is C17H20BrN3O3. The van der Waals surface area contributed by atoms with Crippen molar-refractivity contribution in [2.75, 3.05) is 19.6 Å². The molecule has 3 amide bonds. The molecule has 2 heterocycles. The third kappa shape index (κ3) is 3.67. The molecule has 0 bridgehead atoms. The second-order valence-corrected chi connectivity index (χ2v) is 7.07. The lowest BCUT2D eigenvalue weighted by molar-refractivity contribution is -0.121. The van der Waals surface area contributed by atoms with Crippen molar-refractivity contribution in [2.45, 2.75) is 31.7 Å². The lowest BCUT2D eigenvalue weighted by atomic mass is 10.1. The number of fused-ring (bicyclic) bond motifs is 1. The number of carbonyl (C=O) groups is 3. The van der Waals surface area contributed by atoms with E-state index in [9.17, 15) is 14.4 Å². The van der Waals surface area contributed by atoms with Crippen molar-refractivity contribution >= 4 is 33.7 Å². The first-order chi connectivity index (χ1) is 11.6. The van der Waals surface area contributed by atoms with E-state index in [0.717, 1.165) is 23.9 Å². The zero-order chi connectivity index (χ0) is 17.1. The summed E-state index contributed by atoms with van der Waals surface area (Å²) >= 11 is 3.31. The number of hydrogen-bond acceptors (Lipinski definition) is 4. The minimum Gasteiger partial charge on any atom is -0.355 e. The predicted octanol–water partition coefficient (Wildman–Crippen LogP) is 1.69. The van der Waals surface area contributed by atoms with Gasteiger partial charge >= 0.3 is 0 Å². The highest BCUT2D eigenvalue weighted by Gasteiger charge is 2.35. The van der Waals surface area contributed by atoms with Crippen LogP contribution in [0.5, 0.6) is 0 Å². The summed E-state index contributed by atoms with van der Waals surface area (Å²) in [5, 5.41) is 6.22. The summed E-state index contributed by atoms with van der Waals surface area (Å²) in [6.07, 6.45) is 3.02. The molecule has 3 rings (SSSR count). The first-order valence-electron chi connectivity index (χ1n) is 8.22. The quantitative estimate of drug-likeness (QED) is 0.720. The van der Waals surface area contributed by atoms with Crippen LogP contribution in [0.1, 0.15) is 46.4 Å². The van der Waals surface area contributed by atoms with E-state index < -0.39 is 0 Å². The van der Waals surface area contributed by atoms with E-state index in [2.05, 4.69) is 26.6 Å².